The van der Waals surface area contributed by atoms with E-state index in [2.05, 4.69) is 48.1 Å². The fourth-order valence-electron chi connectivity index (χ4n) is 12.9. The number of allylic oxidation sites excluding steroid dienone is 1. The number of aliphatic hydroxyl groups is 2. The van der Waals surface area contributed by atoms with Crippen LogP contribution in [0.3, 0.4) is 0 Å². The fraction of sp³-hybridized carbons (Fsp3) is 0.789. The molecule has 2 N–H and O–H groups in total. The van der Waals surface area contributed by atoms with Gasteiger partial charge in [-0.1, -0.05) is 52.8 Å². The van der Waals surface area contributed by atoms with Gasteiger partial charge in [0.15, 0.2) is 6.20 Å². The number of carbonyl (C=O) groups is 1. The molecule has 10 atom stereocenters. The third-order valence-corrected chi connectivity index (χ3v) is 15.3. The summed E-state index contributed by atoms with van der Waals surface area (Å²) < 4.78 is 8.10. The molecule has 5 aliphatic rings. The Morgan fingerprint density at radius 1 is 0.932 bits per heavy atom. The van der Waals surface area contributed by atoms with Gasteiger partial charge in [-0.15, -0.1) is 0 Å². The first kappa shape index (κ1) is 33.9. The van der Waals surface area contributed by atoms with Crippen molar-refractivity contribution in [2.24, 2.45) is 56.7 Å². The number of nitrogens with zero attached hydrogens (tertiary/aromatic N) is 1. The van der Waals surface area contributed by atoms with Gasteiger partial charge in [0.25, 0.3) is 0 Å². The highest BCUT2D eigenvalue weighted by molar-refractivity contribution is 5.68. The summed E-state index contributed by atoms with van der Waals surface area (Å²) in [4.78, 5) is 13.2. The number of hydrogen-bond acceptors (Lipinski definition) is 4. The minimum atomic E-state index is -0.209. The molecule has 6 rings (SSSR count). The van der Waals surface area contributed by atoms with Crippen LogP contribution in [0.5, 0.6) is 0 Å². The van der Waals surface area contributed by atoms with Gasteiger partial charge in [0.1, 0.15) is 12.7 Å². The van der Waals surface area contributed by atoms with E-state index < -0.39 is 0 Å². The Morgan fingerprint density at radius 2 is 1.68 bits per heavy atom. The van der Waals surface area contributed by atoms with Gasteiger partial charge >= 0.3 is 5.97 Å². The number of carbonyl (C=O) groups excluding carboxylic acids is 1. The monoisotopic (exact) mass is 627 g/mol. The zero-order chi connectivity index (χ0) is 31.0. The fourth-order valence-corrected chi connectivity index (χ4v) is 12.9. The minimum absolute atomic E-state index is 0. The highest BCUT2D eigenvalue weighted by Gasteiger charge is 2.71. The normalized spacial score (nSPS) is 43.8. The zero-order valence-corrected chi connectivity index (χ0v) is 29.0. The molecule has 0 amide bonds. The zero-order valence-electron chi connectivity index (χ0n) is 28.2. The summed E-state index contributed by atoms with van der Waals surface area (Å²) in [5.41, 5.74) is 2.82. The number of aliphatic hydroxyl groups excluding tert-OH is 2. The molecule has 0 aliphatic heterocycles. The molecule has 44 heavy (non-hydrogen) atoms. The Kier molecular flexibility index (Phi) is 9.00. The van der Waals surface area contributed by atoms with Crippen molar-refractivity contribution >= 4 is 5.97 Å². The molecule has 0 saturated heterocycles. The smallest absolute Gasteiger partial charge is 0.372 e. The third kappa shape index (κ3) is 4.76. The molecule has 246 valence electrons. The summed E-state index contributed by atoms with van der Waals surface area (Å²) >= 11 is 0. The molecule has 6 heteroatoms. The molecule has 1 heterocycles. The van der Waals surface area contributed by atoms with E-state index in [1.54, 1.807) is 4.57 Å². The van der Waals surface area contributed by atoms with Gasteiger partial charge in [-0.3, -0.25) is 0 Å². The van der Waals surface area contributed by atoms with E-state index in [-0.39, 0.29) is 64.7 Å². The number of rotatable bonds is 6. The molecule has 1 aromatic heterocycles. The summed E-state index contributed by atoms with van der Waals surface area (Å²) in [6, 6.07) is 5.61. The minimum Gasteiger partial charge on any atom is -1.00 e. The largest absolute Gasteiger partial charge is 1.00 e. The lowest BCUT2D eigenvalue weighted by atomic mass is 9.32. The third-order valence-electron chi connectivity index (χ3n) is 15.3. The molecule has 5 saturated carbocycles. The van der Waals surface area contributed by atoms with Crippen molar-refractivity contribution < 1.29 is 36.7 Å². The number of fused-ring (bicyclic) bond motifs is 7. The van der Waals surface area contributed by atoms with Crippen LogP contribution in [0, 0.1) is 56.7 Å². The van der Waals surface area contributed by atoms with Crippen LogP contribution in [0.2, 0.25) is 0 Å². The molecule has 0 spiro atoms. The number of aromatic nitrogens is 1. The van der Waals surface area contributed by atoms with E-state index in [1.807, 2.05) is 24.4 Å². The molecule has 0 aromatic carbocycles. The van der Waals surface area contributed by atoms with Gasteiger partial charge in [-0.05, 0) is 122 Å². The maximum atomic E-state index is 13.2. The lowest BCUT2D eigenvalue weighted by molar-refractivity contribution is -0.695. The average Bonchev–Trinajstić information content (AvgIpc) is 3.36. The first-order valence-corrected chi connectivity index (χ1v) is 17.3. The molecule has 6 unspecified atom stereocenters. The lowest BCUT2D eigenvalue weighted by Crippen LogP contribution is -3.00. The van der Waals surface area contributed by atoms with Crippen LogP contribution in [0.1, 0.15) is 111 Å². The van der Waals surface area contributed by atoms with Gasteiger partial charge in [-0.25, -0.2) is 4.79 Å². The SMILES string of the molecule is C=C(C)[C@@H]1CCC2(CO)CC[C@]3(C)C(CCC4[C@@]5(C)CCC(OC(=O)C[n+]6ccccc6CO)C(C)(C)C5CC[C@]43C)C12.[Cl-]. The summed E-state index contributed by atoms with van der Waals surface area (Å²) in [5, 5.41) is 20.5. The highest BCUT2D eigenvalue weighted by atomic mass is 35.5. The number of pyridine rings is 1. The molecule has 0 radical (unpaired) electrons. The first-order valence-electron chi connectivity index (χ1n) is 17.3. The summed E-state index contributed by atoms with van der Waals surface area (Å²) in [6.07, 6.45) is 13.5. The topological polar surface area (TPSA) is 70.6 Å². The molecule has 0 bridgehead atoms. The van der Waals surface area contributed by atoms with Gasteiger partial charge in [0, 0.05) is 24.2 Å². The maximum absolute atomic E-state index is 13.2. The van der Waals surface area contributed by atoms with Crippen molar-refractivity contribution in [1.29, 1.82) is 0 Å². The van der Waals surface area contributed by atoms with Crippen molar-refractivity contribution in [1.82, 2.24) is 0 Å². The Hall–Kier alpha value is -1.43. The van der Waals surface area contributed by atoms with E-state index in [4.69, 9.17) is 4.74 Å². The standard InChI is InChI=1S/C38H58NO4.ClH/c1-25(2)27-13-18-38(24-41)20-19-36(6)28(33(27)38)11-12-30-35(5)16-15-31(34(3,4)29(35)14-17-37(30,36)7)43-32(42)22-39-21-9-8-10-26(39)23-40;/h8-10,21,27-31,33,40-41H,1,11-20,22-24H2,2-7H3;1H/q+1;/p-1/t27-,28?,29?,30?,31?,33?,35-,36+,37+,38?;/m0./s1. The predicted octanol–water partition coefficient (Wildman–Crippen LogP) is 4.03. The predicted molar refractivity (Wildman–Crippen MR) is 168 cm³/mol. The number of hydrogen-bond donors (Lipinski definition) is 2. The molecule has 5 fully saturated rings. The van der Waals surface area contributed by atoms with Crippen molar-refractivity contribution in [3.8, 4) is 0 Å². The van der Waals surface area contributed by atoms with Crippen LogP contribution in [0.4, 0.5) is 0 Å². The van der Waals surface area contributed by atoms with Crippen LogP contribution in [0.15, 0.2) is 36.5 Å². The average molecular weight is 628 g/mol. The first-order chi connectivity index (χ1) is 20.3. The van der Waals surface area contributed by atoms with Crippen LogP contribution < -0.4 is 17.0 Å². The highest BCUT2D eigenvalue weighted by Crippen LogP contribution is 2.77. The van der Waals surface area contributed by atoms with Gasteiger partial charge < -0.3 is 27.4 Å². The lowest BCUT2D eigenvalue weighted by Gasteiger charge is -2.73. The van der Waals surface area contributed by atoms with Crippen LogP contribution in [-0.2, 0) is 22.7 Å². The van der Waals surface area contributed by atoms with E-state index in [9.17, 15) is 15.0 Å². The number of esters is 1. The Morgan fingerprint density at radius 3 is 2.36 bits per heavy atom. The Balaban J connectivity index is 0.00000384. The molecular weight excluding hydrogens is 570 g/mol. The quantitative estimate of drug-likeness (QED) is 0.284. The van der Waals surface area contributed by atoms with Crippen molar-refractivity contribution in [3.63, 3.8) is 0 Å². The van der Waals surface area contributed by atoms with Crippen molar-refractivity contribution in [2.45, 2.75) is 125 Å². The summed E-state index contributed by atoms with van der Waals surface area (Å²) in [5.74, 6) is 2.74. The number of ether oxygens (including phenoxy) is 1. The van der Waals surface area contributed by atoms with Gasteiger partial charge in [0.2, 0.25) is 12.2 Å². The second-order valence-corrected chi connectivity index (χ2v) is 17.0. The van der Waals surface area contributed by atoms with Crippen LogP contribution in [-0.4, -0.2) is 28.9 Å². The van der Waals surface area contributed by atoms with Crippen LogP contribution in [0.25, 0.3) is 0 Å². The van der Waals surface area contributed by atoms with Crippen LogP contribution >= 0.6 is 0 Å². The van der Waals surface area contributed by atoms with Crippen molar-refractivity contribution in [2.75, 3.05) is 6.61 Å². The summed E-state index contributed by atoms with van der Waals surface area (Å²) in [6.45, 7) is 19.7. The number of halogens is 1. The van der Waals surface area contributed by atoms with E-state index in [0.29, 0.717) is 36.2 Å². The van der Waals surface area contributed by atoms with E-state index in [1.165, 1.54) is 44.1 Å². The maximum Gasteiger partial charge on any atom is 0.372 e. The molecule has 5 aliphatic carbocycles. The van der Waals surface area contributed by atoms with E-state index >= 15 is 0 Å². The Labute approximate surface area is 272 Å². The van der Waals surface area contributed by atoms with Gasteiger partial charge in [0.05, 0.1) is 0 Å². The molecular formula is C38H58ClNO4. The van der Waals surface area contributed by atoms with Crippen molar-refractivity contribution in [3.05, 3.63) is 42.2 Å². The molecule has 1 aromatic rings. The second-order valence-electron chi connectivity index (χ2n) is 17.0. The van der Waals surface area contributed by atoms with Gasteiger partial charge in [-0.2, -0.15) is 4.57 Å². The Bertz CT molecular complexity index is 1260. The van der Waals surface area contributed by atoms with E-state index in [0.717, 1.165) is 31.4 Å². The molecule has 5 nitrogen and oxygen atoms in total. The summed E-state index contributed by atoms with van der Waals surface area (Å²) in [7, 11) is 0. The second kappa shape index (κ2) is 11.7.